The number of para-hydroxylation sites is 3. The number of hydrogen-bond donors (Lipinski definition) is 0. The topological polar surface area (TPSA) is 29.5 Å². The van der Waals surface area contributed by atoms with Crippen LogP contribution in [0, 0.1) is 0 Å². The van der Waals surface area contributed by atoms with E-state index < -0.39 is 0 Å². The Labute approximate surface area is 305 Å². The van der Waals surface area contributed by atoms with Crippen LogP contribution in [-0.4, -0.2) is 0 Å². The fourth-order valence-electron chi connectivity index (χ4n) is 8.22. The molecule has 248 valence electrons. The molecule has 3 nitrogen and oxygen atoms in total. The first-order valence-corrected chi connectivity index (χ1v) is 18.0. The highest BCUT2D eigenvalue weighted by atomic mass is 16.3. The first-order chi connectivity index (χ1) is 26.3. The van der Waals surface area contributed by atoms with Crippen LogP contribution in [-0.2, 0) is 0 Å². The highest BCUT2D eigenvalue weighted by molar-refractivity contribution is 6.20. The summed E-state index contributed by atoms with van der Waals surface area (Å²) in [6.07, 6.45) is 0. The Kier molecular flexibility index (Phi) is 6.55. The third-order valence-electron chi connectivity index (χ3n) is 10.6. The molecule has 9 aromatic carbocycles. The Morgan fingerprint density at radius 1 is 0.340 bits per heavy atom. The van der Waals surface area contributed by atoms with Gasteiger partial charge in [0, 0.05) is 33.0 Å². The molecule has 53 heavy (non-hydrogen) atoms. The second-order valence-electron chi connectivity index (χ2n) is 13.6. The van der Waals surface area contributed by atoms with Crippen molar-refractivity contribution in [1.29, 1.82) is 0 Å². The van der Waals surface area contributed by atoms with Gasteiger partial charge in [-0.3, -0.25) is 0 Å². The van der Waals surface area contributed by atoms with E-state index in [1.54, 1.807) is 0 Å². The molecule has 3 heteroatoms. The highest BCUT2D eigenvalue weighted by Crippen LogP contribution is 2.49. The van der Waals surface area contributed by atoms with Gasteiger partial charge >= 0.3 is 0 Å². The van der Waals surface area contributed by atoms with Gasteiger partial charge in [0.15, 0.2) is 5.58 Å². The van der Waals surface area contributed by atoms with Crippen molar-refractivity contribution < 1.29 is 8.83 Å². The standard InChI is InChI=1S/C50H31NO2/c1-3-13-32(14-4-1)39-20-11-21-41-42-22-12-23-45(49(42)53-48(39)41)51(36-27-28-38-35(31-36)26-25-34-17-7-8-18-37(34)38)44-30-29-40(33-15-5-2-6-16-33)50-47(44)43-19-9-10-24-46(43)52-50/h1-31H. The fraction of sp³-hybridized carbons (Fsp3) is 0. The van der Waals surface area contributed by atoms with E-state index in [-0.39, 0.29) is 0 Å². The van der Waals surface area contributed by atoms with Crippen molar-refractivity contribution >= 4 is 82.5 Å². The predicted molar refractivity (Wildman–Crippen MR) is 222 cm³/mol. The first-order valence-electron chi connectivity index (χ1n) is 18.0. The second kappa shape index (κ2) is 11.7. The van der Waals surface area contributed by atoms with E-state index >= 15 is 0 Å². The van der Waals surface area contributed by atoms with Crippen LogP contribution in [0.3, 0.4) is 0 Å². The number of nitrogens with zero attached hydrogens (tertiary/aromatic N) is 1. The van der Waals surface area contributed by atoms with Gasteiger partial charge in [-0.25, -0.2) is 0 Å². The molecule has 11 rings (SSSR count). The maximum Gasteiger partial charge on any atom is 0.159 e. The quantitative estimate of drug-likeness (QED) is 0.170. The molecule has 0 N–H and O–H groups in total. The third-order valence-corrected chi connectivity index (χ3v) is 10.6. The van der Waals surface area contributed by atoms with Gasteiger partial charge in [0.1, 0.15) is 16.7 Å². The third kappa shape index (κ3) is 4.61. The Balaban J connectivity index is 1.24. The molecule has 0 aliphatic rings. The van der Waals surface area contributed by atoms with Crippen molar-refractivity contribution in [2.24, 2.45) is 0 Å². The molecule has 0 aliphatic carbocycles. The molecule has 0 fully saturated rings. The minimum absolute atomic E-state index is 0.831. The van der Waals surface area contributed by atoms with Crippen molar-refractivity contribution in [3.63, 3.8) is 0 Å². The first kappa shape index (κ1) is 29.6. The fourth-order valence-corrected chi connectivity index (χ4v) is 8.22. The smallest absolute Gasteiger partial charge is 0.159 e. The summed E-state index contributed by atoms with van der Waals surface area (Å²) in [5, 5.41) is 9.14. The van der Waals surface area contributed by atoms with Gasteiger partial charge < -0.3 is 13.7 Å². The predicted octanol–water partition coefficient (Wildman–Crippen LogP) is 14.6. The summed E-state index contributed by atoms with van der Waals surface area (Å²) in [6, 6.07) is 66.6. The Morgan fingerprint density at radius 2 is 0.962 bits per heavy atom. The minimum Gasteiger partial charge on any atom is -0.455 e. The van der Waals surface area contributed by atoms with Gasteiger partial charge in [-0.1, -0.05) is 152 Å². The number of furan rings is 2. The minimum atomic E-state index is 0.831. The molecule has 11 aromatic rings. The van der Waals surface area contributed by atoms with Crippen LogP contribution in [0.15, 0.2) is 197 Å². The maximum atomic E-state index is 7.05. The lowest BCUT2D eigenvalue weighted by Crippen LogP contribution is -2.11. The highest BCUT2D eigenvalue weighted by Gasteiger charge is 2.25. The molecule has 0 atom stereocenters. The molecule has 2 aromatic heterocycles. The number of anilines is 3. The zero-order chi connectivity index (χ0) is 34.9. The van der Waals surface area contributed by atoms with E-state index in [0.717, 1.165) is 83.2 Å². The van der Waals surface area contributed by atoms with Gasteiger partial charge in [-0.05, 0) is 69.1 Å². The van der Waals surface area contributed by atoms with Gasteiger partial charge in [-0.2, -0.15) is 0 Å². The number of hydrogen-bond acceptors (Lipinski definition) is 3. The summed E-state index contributed by atoms with van der Waals surface area (Å²) in [4.78, 5) is 2.36. The summed E-state index contributed by atoms with van der Waals surface area (Å²) in [7, 11) is 0. The summed E-state index contributed by atoms with van der Waals surface area (Å²) in [6.45, 7) is 0. The average Bonchev–Trinajstić information content (AvgIpc) is 3.81. The van der Waals surface area contributed by atoms with Crippen LogP contribution in [0.2, 0.25) is 0 Å². The van der Waals surface area contributed by atoms with Crippen molar-refractivity contribution in [2.75, 3.05) is 4.90 Å². The zero-order valence-corrected chi connectivity index (χ0v) is 28.7. The average molecular weight is 678 g/mol. The Hall–Kier alpha value is -7.10. The van der Waals surface area contributed by atoms with Crippen LogP contribution in [0.1, 0.15) is 0 Å². The van der Waals surface area contributed by atoms with E-state index in [4.69, 9.17) is 8.83 Å². The van der Waals surface area contributed by atoms with Gasteiger partial charge in [-0.15, -0.1) is 0 Å². The van der Waals surface area contributed by atoms with Crippen LogP contribution in [0.5, 0.6) is 0 Å². The van der Waals surface area contributed by atoms with Crippen LogP contribution in [0.25, 0.3) is 87.7 Å². The molecular weight excluding hydrogens is 647 g/mol. The number of fused-ring (bicyclic) bond motifs is 9. The van der Waals surface area contributed by atoms with Crippen molar-refractivity contribution in [3.05, 3.63) is 188 Å². The lowest BCUT2D eigenvalue weighted by molar-refractivity contribution is 0.669. The van der Waals surface area contributed by atoms with Gasteiger partial charge in [0.2, 0.25) is 0 Å². The van der Waals surface area contributed by atoms with E-state index in [1.165, 1.54) is 21.5 Å². The van der Waals surface area contributed by atoms with Crippen LogP contribution in [0.4, 0.5) is 17.1 Å². The molecule has 0 saturated heterocycles. The normalized spacial score (nSPS) is 11.8. The van der Waals surface area contributed by atoms with E-state index in [2.05, 4.69) is 181 Å². The Morgan fingerprint density at radius 3 is 1.77 bits per heavy atom. The summed E-state index contributed by atoms with van der Waals surface area (Å²) >= 11 is 0. The largest absolute Gasteiger partial charge is 0.455 e. The van der Waals surface area contributed by atoms with E-state index in [1.807, 2.05) is 12.1 Å². The number of benzene rings is 9. The van der Waals surface area contributed by atoms with E-state index in [9.17, 15) is 0 Å². The van der Waals surface area contributed by atoms with Gasteiger partial charge in [0.05, 0.1) is 16.8 Å². The molecule has 0 saturated carbocycles. The summed E-state index contributed by atoms with van der Waals surface area (Å²) in [5.41, 5.74) is 10.8. The Bertz CT molecular complexity index is 3170. The van der Waals surface area contributed by atoms with Crippen LogP contribution < -0.4 is 4.90 Å². The molecule has 0 radical (unpaired) electrons. The molecule has 0 unspecified atom stereocenters. The molecular formula is C50H31NO2. The summed E-state index contributed by atoms with van der Waals surface area (Å²) in [5.74, 6) is 0. The SMILES string of the molecule is c1ccc(-c2cccc3c2oc2c(N(c4ccc5c(ccc6ccccc65)c4)c4ccc(-c5ccccc5)c5oc6ccccc6c45)cccc23)cc1. The van der Waals surface area contributed by atoms with Gasteiger partial charge in [0.25, 0.3) is 0 Å². The molecule has 0 spiro atoms. The van der Waals surface area contributed by atoms with Crippen molar-refractivity contribution in [2.45, 2.75) is 0 Å². The molecule has 2 heterocycles. The molecule has 0 aliphatic heterocycles. The summed E-state index contributed by atoms with van der Waals surface area (Å²) < 4.78 is 13.8. The van der Waals surface area contributed by atoms with Crippen molar-refractivity contribution in [3.8, 4) is 22.3 Å². The number of rotatable bonds is 5. The van der Waals surface area contributed by atoms with Crippen molar-refractivity contribution in [1.82, 2.24) is 0 Å². The molecule has 0 amide bonds. The molecule has 0 bridgehead atoms. The second-order valence-corrected chi connectivity index (χ2v) is 13.6. The maximum absolute atomic E-state index is 7.05. The lowest BCUT2D eigenvalue weighted by Gasteiger charge is -2.27. The lowest BCUT2D eigenvalue weighted by atomic mass is 9.98. The zero-order valence-electron chi connectivity index (χ0n) is 28.7. The van der Waals surface area contributed by atoms with E-state index in [0.29, 0.717) is 0 Å². The monoisotopic (exact) mass is 677 g/mol. The van der Waals surface area contributed by atoms with Crippen LogP contribution >= 0.6 is 0 Å².